The van der Waals surface area contributed by atoms with Crippen molar-refractivity contribution >= 4 is 33.0 Å². The zero-order valence-electron chi connectivity index (χ0n) is 12.5. The Bertz CT molecular complexity index is 928. The van der Waals surface area contributed by atoms with Crippen molar-refractivity contribution in [1.29, 1.82) is 0 Å². The fraction of sp³-hybridized carbons (Fsp3) is 0. The lowest BCUT2D eigenvalue weighted by Gasteiger charge is -2.10. The third kappa shape index (κ3) is 3.61. The molecule has 2 aromatic heterocycles. The standard InChI is InChI=1S/C16H15N5O2S/c17-14-4-3-11-19-16(14)20-12-6-8-13(9-7-12)24(22,23)21-15-5-1-2-10-18-15/h1-11H,17H2,(H,18,21)(H,19,20). The van der Waals surface area contributed by atoms with Gasteiger partial charge in [0, 0.05) is 18.1 Å². The lowest BCUT2D eigenvalue weighted by atomic mass is 10.3. The Hall–Kier alpha value is -3.13. The lowest BCUT2D eigenvalue weighted by Crippen LogP contribution is -2.13. The summed E-state index contributed by atoms with van der Waals surface area (Å²) in [5.74, 6) is 0.778. The molecule has 0 fully saturated rings. The van der Waals surface area contributed by atoms with Crippen molar-refractivity contribution in [3.8, 4) is 0 Å². The Kier molecular flexibility index (Phi) is 4.30. The van der Waals surface area contributed by atoms with E-state index in [-0.39, 0.29) is 10.7 Å². The Labute approximate surface area is 139 Å². The van der Waals surface area contributed by atoms with Gasteiger partial charge in [0.25, 0.3) is 10.0 Å². The molecule has 2 heterocycles. The minimum absolute atomic E-state index is 0.132. The number of aromatic nitrogens is 2. The molecule has 0 saturated heterocycles. The number of nitrogen functional groups attached to an aromatic ring is 1. The number of rotatable bonds is 5. The molecule has 7 nitrogen and oxygen atoms in total. The molecule has 8 heteroatoms. The summed E-state index contributed by atoms with van der Waals surface area (Å²) in [6.07, 6.45) is 3.14. The van der Waals surface area contributed by atoms with Crippen molar-refractivity contribution in [3.05, 3.63) is 67.0 Å². The third-order valence-corrected chi connectivity index (χ3v) is 4.54. The molecule has 3 aromatic rings. The number of pyridine rings is 2. The fourth-order valence-electron chi connectivity index (χ4n) is 2.00. The molecule has 0 aliphatic carbocycles. The van der Waals surface area contributed by atoms with Crippen LogP contribution in [0.4, 0.5) is 23.0 Å². The number of sulfonamides is 1. The number of nitrogens with zero attached hydrogens (tertiary/aromatic N) is 2. The number of hydrogen-bond acceptors (Lipinski definition) is 6. The minimum Gasteiger partial charge on any atom is -0.396 e. The van der Waals surface area contributed by atoms with Crippen LogP contribution in [0.25, 0.3) is 0 Å². The SMILES string of the molecule is Nc1cccnc1Nc1ccc(S(=O)(=O)Nc2ccccn2)cc1. The molecule has 24 heavy (non-hydrogen) atoms. The average molecular weight is 341 g/mol. The Morgan fingerprint density at radius 1 is 0.875 bits per heavy atom. The summed E-state index contributed by atoms with van der Waals surface area (Å²) in [5, 5.41) is 3.04. The highest BCUT2D eigenvalue weighted by Gasteiger charge is 2.14. The molecule has 122 valence electrons. The van der Waals surface area contributed by atoms with Gasteiger partial charge in [-0.15, -0.1) is 0 Å². The van der Waals surface area contributed by atoms with Crippen LogP contribution in [0.1, 0.15) is 0 Å². The van der Waals surface area contributed by atoms with E-state index in [1.165, 1.54) is 18.3 Å². The minimum atomic E-state index is -3.69. The number of anilines is 4. The van der Waals surface area contributed by atoms with E-state index in [1.807, 2.05) is 0 Å². The van der Waals surface area contributed by atoms with Crippen molar-refractivity contribution in [2.75, 3.05) is 15.8 Å². The molecular weight excluding hydrogens is 326 g/mol. The number of nitrogens with one attached hydrogen (secondary N) is 2. The van der Waals surface area contributed by atoms with Gasteiger partial charge in [0.15, 0.2) is 5.82 Å². The Morgan fingerprint density at radius 2 is 1.62 bits per heavy atom. The van der Waals surface area contributed by atoms with Crippen molar-refractivity contribution in [3.63, 3.8) is 0 Å². The van der Waals surface area contributed by atoms with Gasteiger partial charge < -0.3 is 11.1 Å². The highest BCUT2D eigenvalue weighted by Crippen LogP contribution is 2.22. The van der Waals surface area contributed by atoms with E-state index in [2.05, 4.69) is 20.0 Å². The Balaban J connectivity index is 1.78. The van der Waals surface area contributed by atoms with Crippen LogP contribution in [0.5, 0.6) is 0 Å². The second kappa shape index (κ2) is 6.55. The molecule has 0 bridgehead atoms. The molecule has 1 aromatic carbocycles. The molecule has 3 rings (SSSR count). The molecule has 0 aliphatic heterocycles. The quantitative estimate of drug-likeness (QED) is 0.658. The zero-order valence-corrected chi connectivity index (χ0v) is 13.4. The molecule has 0 saturated carbocycles. The summed E-state index contributed by atoms with van der Waals surface area (Å²) in [4.78, 5) is 8.21. The highest BCUT2D eigenvalue weighted by molar-refractivity contribution is 7.92. The van der Waals surface area contributed by atoms with Gasteiger partial charge >= 0.3 is 0 Å². The van der Waals surface area contributed by atoms with E-state index in [1.54, 1.807) is 48.7 Å². The molecular formula is C16H15N5O2S. The number of nitrogens with two attached hydrogens (primary N) is 1. The largest absolute Gasteiger partial charge is 0.396 e. The third-order valence-electron chi connectivity index (χ3n) is 3.17. The van der Waals surface area contributed by atoms with E-state index in [9.17, 15) is 8.42 Å². The molecule has 0 unspecified atom stereocenters. The van der Waals surface area contributed by atoms with Crippen LogP contribution in [-0.2, 0) is 10.0 Å². The molecule has 0 atom stereocenters. The van der Waals surface area contributed by atoms with Crippen LogP contribution in [0.3, 0.4) is 0 Å². The predicted molar refractivity (Wildman–Crippen MR) is 93.4 cm³/mol. The van der Waals surface area contributed by atoms with Crippen molar-refractivity contribution in [2.24, 2.45) is 0 Å². The van der Waals surface area contributed by atoms with Gasteiger partial charge in [-0.3, -0.25) is 4.72 Å². The lowest BCUT2D eigenvalue weighted by molar-refractivity contribution is 0.601. The molecule has 0 radical (unpaired) electrons. The second-order valence-electron chi connectivity index (χ2n) is 4.91. The van der Waals surface area contributed by atoms with Crippen LogP contribution in [0, 0.1) is 0 Å². The van der Waals surface area contributed by atoms with E-state index in [0.29, 0.717) is 17.2 Å². The first-order valence-corrected chi connectivity index (χ1v) is 8.54. The number of benzene rings is 1. The zero-order chi connectivity index (χ0) is 17.0. The Morgan fingerprint density at radius 3 is 2.29 bits per heavy atom. The van der Waals surface area contributed by atoms with Crippen LogP contribution < -0.4 is 15.8 Å². The van der Waals surface area contributed by atoms with Crippen molar-refractivity contribution < 1.29 is 8.42 Å². The normalized spacial score (nSPS) is 11.0. The maximum atomic E-state index is 12.3. The first kappa shape index (κ1) is 15.8. The van der Waals surface area contributed by atoms with Gasteiger partial charge in [-0.2, -0.15) is 0 Å². The fourth-order valence-corrected chi connectivity index (χ4v) is 3.00. The molecule has 0 spiro atoms. The average Bonchev–Trinajstić information content (AvgIpc) is 2.58. The molecule has 4 N–H and O–H groups in total. The van der Waals surface area contributed by atoms with Gasteiger partial charge in [0.1, 0.15) is 5.82 Å². The van der Waals surface area contributed by atoms with Crippen LogP contribution in [0.15, 0.2) is 71.9 Å². The smallest absolute Gasteiger partial charge is 0.263 e. The predicted octanol–water partition coefficient (Wildman–Crippen LogP) is 2.60. The van der Waals surface area contributed by atoms with Crippen molar-refractivity contribution in [2.45, 2.75) is 4.90 Å². The molecule has 0 amide bonds. The summed E-state index contributed by atoms with van der Waals surface area (Å²) in [6, 6.07) is 14.7. The van der Waals surface area contributed by atoms with E-state index < -0.39 is 10.0 Å². The number of hydrogen-bond donors (Lipinski definition) is 3. The van der Waals surface area contributed by atoms with E-state index in [4.69, 9.17) is 5.73 Å². The summed E-state index contributed by atoms with van der Waals surface area (Å²) in [7, 11) is -3.69. The summed E-state index contributed by atoms with van der Waals surface area (Å²) in [6.45, 7) is 0. The highest BCUT2D eigenvalue weighted by atomic mass is 32.2. The summed E-state index contributed by atoms with van der Waals surface area (Å²) in [5.41, 5.74) is 7.00. The van der Waals surface area contributed by atoms with Gasteiger partial charge in [-0.25, -0.2) is 18.4 Å². The summed E-state index contributed by atoms with van der Waals surface area (Å²) >= 11 is 0. The van der Waals surface area contributed by atoms with Gasteiger partial charge in [0.2, 0.25) is 0 Å². The van der Waals surface area contributed by atoms with E-state index in [0.717, 1.165) is 0 Å². The maximum Gasteiger partial charge on any atom is 0.263 e. The van der Waals surface area contributed by atoms with Crippen LogP contribution in [0.2, 0.25) is 0 Å². The van der Waals surface area contributed by atoms with Gasteiger partial charge in [0.05, 0.1) is 10.6 Å². The second-order valence-corrected chi connectivity index (χ2v) is 6.59. The van der Waals surface area contributed by atoms with Crippen LogP contribution >= 0.6 is 0 Å². The maximum absolute atomic E-state index is 12.3. The topological polar surface area (TPSA) is 110 Å². The first-order valence-electron chi connectivity index (χ1n) is 7.06. The summed E-state index contributed by atoms with van der Waals surface area (Å²) < 4.78 is 27.1. The van der Waals surface area contributed by atoms with Crippen LogP contribution in [-0.4, -0.2) is 18.4 Å². The van der Waals surface area contributed by atoms with Gasteiger partial charge in [-0.05, 0) is 48.5 Å². The van der Waals surface area contributed by atoms with E-state index >= 15 is 0 Å². The first-order chi connectivity index (χ1) is 11.5. The monoisotopic (exact) mass is 341 g/mol. The molecule has 0 aliphatic rings. The van der Waals surface area contributed by atoms with Gasteiger partial charge in [-0.1, -0.05) is 6.07 Å². The van der Waals surface area contributed by atoms with Crippen molar-refractivity contribution in [1.82, 2.24) is 9.97 Å².